The zero-order valence-corrected chi connectivity index (χ0v) is 16.9. The molecule has 4 aromatic rings. The van der Waals surface area contributed by atoms with Crippen molar-refractivity contribution in [3.8, 4) is 16.9 Å². The Morgan fingerprint density at radius 3 is 2.63 bits per heavy atom. The minimum atomic E-state index is -0.299. The SMILES string of the molecule is COc1cccc(-c2cccc3c2CN(CCc2ccc4ccccc4n2)C3)c1F. The van der Waals surface area contributed by atoms with Crippen LogP contribution in [0.15, 0.2) is 72.8 Å². The Kier molecular flexibility index (Phi) is 4.93. The Labute approximate surface area is 175 Å². The lowest BCUT2D eigenvalue weighted by atomic mass is 9.96. The molecule has 150 valence electrons. The molecule has 1 aliphatic rings. The van der Waals surface area contributed by atoms with Gasteiger partial charge in [-0.15, -0.1) is 0 Å². The topological polar surface area (TPSA) is 25.4 Å². The van der Waals surface area contributed by atoms with Crippen molar-refractivity contribution in [2.45, 2.75) is 19.5 Å². The van der Waals surface area contributed by atoms with Gasteiger partial charge in [0, 0.05) is 42.7 Å². The van der Waals surface area contributed by atoms with Crippen molar-refractivity contribution in [2.24, 2.45) is 0 Å². The van der Waals surface area contributed by atoms with Crippen LogP contribution in [0.3, 0.4) is 0 Å². The summed E-state index contributed by atoms with van der Waals surface area (Å²) in [7, 11) is 1.50. The van der Waals surface area contributed by atoms with Crippen molar-refractivity contribution < 1.29 is 9.13 Å². The number of methoxy groups -OCH3 is 1. The molecule has 0 spiro atoms. The maximum absolute atomic E-state index is 14.9. The van der Waals surface area contributed by atoms with Gasteiger partial charge in [0.05, 0.1) is 12.6 Å². The first-order valence-electron chi connectivity index (χ1n) is 10.2. The highest BCUT2D eigenvalue weighted by atomic mass is 19.1. The van der Waals surface area contributed by atoms with E-state index in [1.54, 1.807) is 6.07 Å². The molecule has 3 aromatic carbocycles. The molecule has 0 saturated heterocycles. The zero-order valence-electron chi connectivity index (χ0n) is 16.9. The van der Waals surface area contributed by atoms with Gasteiger partial charge in [-0.05, 0) is 34.9 Å². The number of ether oxygens (including phenoxy) is 1. The van der Waals surface area contributed by atoms with Crippen LogP contribution in [-0.4, -0.2) is 23.5 Å². The summed E-state index contributed by atoms with van der Waals surface area (Å²) in [5.74, 6) is -0.0189. The lowest BCUT2D eigenvalue weighted by Gasteiger charge is -2.15. The van der Waals surface area contributed by atoms with Gasteiger partial charge in [-0.2, -0.15) is 0 Å². The van der Waals surface area contributed by atoms with Crippen molar-refractivity contribution in [1.29, 1.82) is 0 Å². The molecular formula is C26H23FN2O. The summed E-state index contributed by atoms with van der Waals surface area (Å²) in [6, 6.07) is 23.9. The summed E-state index contributed by atoms with van der Waals surface area (Å²) in [5, 5.41) is 1.17. The second kappa shape index (κ2) is 7.88. The molecule has 0 bridgehead atoms. The van der Waals surface area contributed by atoms with Crippen molar-refractivity contribution in [2.75, 3.05) is 13.7 Å². The number of fused-ring (bicyclic) bond motifs is 2. The number of halogens is 1. The van der Waals surface area contributed by atoms with E-state index in [4.69, 9.17) is 9.72 Å². The number of para-hydroxylation sites is 1. The fourth-order valence-corrected chi connectivity index (χ4v) is 4.30. The van der Waals surface area contributed by atoms with E-state index in [2.05, 4.69) is 35.2 Å². The Morgan fingerprint density at radius 1 is 0.900 bits per heavy atom. The number of rotatable bonds is 5. The van der Waals surface area contributed by atoms with Crippen molar-refractivity contribution in [1.82, 2.24) is 9.88 Å². The van der Waals surface area contributed by atoms with Gasteiger partial charge in [0.2, 0.25) is 0 Å². The number of pyridine rings is 1. The molecule has 1 aliphatic heterocycles. The molecule has 0 radical (unpaired) electrons. The van der Waals surface area contributed by atoms with E-state index >= 15 is 0 Å². The lowest BCUT2D eigenvalue weighted by molar-refractivity contribution is 0.287. The quantitative estimate of drug-likeness (QED) is 0.437. The number of hydrogen-bond donors (Lipinski definition) is 0. The predicted octanol–water partition coefficient (Wildman–Crippen LogP) is 5.61. The summed E-state index contributed by atoms with van der Waals surface area (Å²) < 4.78 is 20.0. The van der Waals surface area contributed by atoms with E-state index < -0.39 is 0 Å². The van der Waals surface area contributed by atoms with Crippen LogP contribution in [0.2, 0.25) is 0 Å². The fraction of sp³-hybridized carbons (Fsp3) is 0.192. The molecule has 0 fully saturated rings. The van der Waals surface area contributed by atoms with Crippen LogP contribution in [0.4, 0.5) is 4.39 Å². The van der Waals surface area contributed by atoms with Gasteiger partial charge < -0.3 is 4.74 Å². The van der Waals surface area contributed by atoms with Crippen LogP contribution >= 0.6 is 0 Å². The minimum Gasteiger partial charge on any atom is -0.494 e. The molecule has 4 heteroatoms. The highest BCUT2D eigenvalue weighted by molar-refractivity contribution is 5.78. The average Bonchev–Trinajstić information content (AvgIpc) is 3.21. The van der Waals surface area contributed by atoms with E-state index in [1.165, 1.54) is 23.6 Å². The number of benzene rings is 3. The third-order valence-corrected chi connectivity index (χ3v) is 5.86. The van der Waals surface area contributed by atoms with E-state index in [9.17, 15) is 4.39 Å². The van der Waals surface area contributed by atoms with Gasteiger partial charge in [-0.3, -0.25) is 9.88 Å². The fourth-order valence-electron chi connectivity index (χ4n) is 4.30. The maximum Gasteiger partial charge on any atom is 0.172 e. The Morgan fingerprint density at radius 2 is 1.73 bits per heavy atom. The van der Waals surface area contributed by atoms with Crippen LogP contribution in [0.5, 0.6) is 5.75 Å². The van der Waals surface area contributed by atoms with Gasteiger partial charge >= 0.3 is 0 Å². The van der Waals surface area contributed by atoms with E-state index in [0.717, 1.165) is 42.8 Å². The van der Waals surface area contributed by atoms with Gasteiger partial charge in [-0.1, -0.05) is 54.6 Å². The summed E-state index contributed by atoms with van der Waals surface area (Å²) in [6.07, 6.45) is 0.891. The van der Waals surface area contributed by atoms with Gasteiger partial charge in [0.15, 0.2) is 11.6 Å². The smallest absolute Gasteiger partial charge is 0.172 e. The van der Waals surface area contributed by atoms with Crippen LogP contribution in [0.25, 0.3) is 22.0 Å². The van der Waals surface area contributed by atoms with Crippen LogP contribution < -0.4 is 4.74 Å². The minimum absolute atomic E-state index is 0.280. The summed E-state index contributed by atoms with van der Waals surface area (Å²) >= 11 is 0. The second-order valence-corrected chi connectivity index (χ2v) is 7.72. The van der Waals surface area contributed by atoms with Crippen LogP contribution in [0, 0.1) is 5.82 Å². The molecule has 0 N–H and O–H groups in total. The first-order valence-corrected chi connectivity index (χ1v) is 10.2. The maximum atomic E-state index is 14.9. The van der Waals surface area contributed by atoms with E-state index in [-0.39, 0.29) is 11.6 Å². The molecule has 0 unspecified atom stereocenters. The van der Waals surface area contributed by atoms with Gasteiger partial charge in [-0.25, -0.2) is 4.39 Å². The Hall–Kier alpha value is -3.24. The summed E-state index contributed by atoms with van der Waals surface area (Å²) in [5.41, 5.74) is 6.16. The number of nitrogens with zero attached hydrogens (tertiary/aromatic N) is 2. The zero-order chi connectivity index (χ0) is 20.5. The molecule has 1 aromatic heterocycles. The molecule has 2 heterocycles. The molecule has 0 atom stereocenters. The highest BCUT2D eigenvalue weighted by Gasteiger charge is 2.23. The predicted molar refractivity (Wildman–Crippen MR) is 118 cm³/mol. The van der Waals surface area contributed by atoms with Gasteiger partial charge in [0.1, 0.15) is 0 Å². The molecular weight excluding hydrogens is 375 g/mol. The third kappa shape index (κ3) is 3.44. The number of aromatic nitrogens is 1. The number of hydrogen-bond acceptors (Lipinski definition) is 3. The molecule has 0 amide bonds. The first-order chi connectivity index (χ1) is 14.7. The lowest BCUT2D eigenvalue weighted by Crippen LogP contribution is -2.19. The Bertz CT molecular complexity index is 1220. The second-order valence-electron chi connectivity index (χ2n) is 7.72. The molecule has 5 rings (SSSR count). The Balaban J connectivity index is 1.35. The third-order valence-electron chi connectivity index (χ3n) is 5.86. The monoisotopic (exact) mass is 398 g/mol. The van der Waals surface area contributed by atoms with E-state index in [1.807, 2.05) is 36.4 Å². The summed E-state index contributed by atoms with van der Waals surface area (Å²) in [6.45, 7) is 2.61. The molecule has 3 nitrogen and oxygen atoms in total. The van der Waals surface area contributed by atoms with Crippen molar-refractivity contribution >= 4 is 10.9 Å². The average molecular weight is 398 g/mol. The normalized spacial score (nSPS) is 13.5. The van der Waals surface area contributed by atoms with Gasteiger partial charge in [0.25, 0.3) is 0 Å². The first kappa shape index (κ1) is 18.8. The van der Waals surface area contributed by atoms with Crippen LogP contribution in [-0.2, 0) is 19.5 Å². The van der Waals surface area contributed by atoms with Crippen molar-refractivity contribution in [3.05, 3.63) is 95.4 Å². The molecule has 0 saturated carbocycles. The summed E-state index contributed by atoms with van der Waals surface area (Å²) in [4.78, 5) is 7.20. The highest BCUT2D eigenvalue weighted by Crippen LogP contribution is 2.36. The molecule has 30 heavy (non-hydrogen) atoms. The van der Waals surface area contributed by atoms with Crippen molar-refractivity contribution in [3.63, 3.8) is 0 Å². The van der Waals surface area contributed by atoms with Crippen LogP contribution in [0.1, 0.15) is 16.8 Å². The van der Waals surface area contributed by atoms with E-state index in [0.29, 0.717) is 5.56 Å². The largest absolute Gasteiger partial charge is 0.494 e. The standard InChI is InChI=1S/C26H23FN2O/c1-30-25-11-5-9-22(26(25)27)21-8-4-7-19-16-29(17-23(19)21)15-14-20-13-12-18-6-2-3-10-24(18)28-20/h2-13H,14-17H2,1H3. The molecule has 0 aliphatic carbocycles.